The molecule has 0 aliphatic heterocycles. The van der Waals surface area contributed by atoms with Crippen molar-refractivity contribution in [3.8, 4) is 6.07 Å². The fraction of sp³-hybridized carbons (Fsp3) is 0.462. The first-order valence-electron chi connectivity index (χ1n) is 6.14. The van der Waals surface area contributed by atoms with Crippen molar-refractivity contribution in [2.45, 2.75) is 24.7 Å². The van der Waals surface area contributed by atoms with Gasteiger partial charge in [-0.2, -0.15) is 5.26 Å². The summed E-state index contributed by atoms with van der Waals surface area (Å²) in [4.78, 5) is -0.00338. The molecule has 19 heavy (non-hydrogen) atoms. The van der Waals surface area contributed by atoms with Crippen molar-refractivity contribution in [2.24, 2.45) is 5.92 Å². The molecule has 0 radical (unpaired) electrons. The molecule has 0 amide bonds. The van der Waals surface area contributed by atoms with E-state index in [4.69, 9.17) is 10.4 Å². The lowest BCUT2D eigenvalue weighted by molar-refractivity contribution is 0.254. The second-order valence-corrected chi connectivity index (χ2v) is 5.98. The molecule has 1 aromatic carbocycles. The lowest BCUT2D eigenvalue weighted by Gasteiger charge is -2.15. The van der Waals surface area contributed by atoms with E-state index in [0.29, 0.717) is 6.42 Å². The minimum absolute atomic E-state index is 0.00338. The number of aliphatic hydroxyl groups is 1. The minimum atomic E-state index is -3.68. The zero-order valence-electron chi connectivity index (χ0n) is 10.8. The van der Waals surface area contributed by atoms with Gasteiger partial charge in [0.2, 0.25) is 10.0 Å². The summed E-state index contributed by atoms with van der Waals surface area (Å²) in [5.41, 5.74) is 0.130. The number of aliphatic hydroxyl groups excluding tert-OH is 1. The van der Waals surface area contributed by atoms with Crippen LogP contribution >= 0.6 is 0 Å². The van der Waals surface area contributed by atoms with Crippen LogP contribution in [0, 0.1) is 17.2 Å². The van der Waals surface area contributed by atoms with E-state index in [-0.39, 0.29) is 29.5 Å². The molecule has 0 saturated carbocycles. The lowest BCUT2D eigenvalue weighted by Crippen LogP contribution is -2.30. The number of hydrogen-bond donors (Lipinski definition) is 2. The first-order valence-corrected chi connectivity index (χ1v) is 7.63. The summed E-state index contributed by atoms with van der Waals surface area (Å²) in [7, 11) is -3.68. The molecule has 0 bridgehead atoms. The maximum atomic E-state index is 12.1. The van der Waals surface area contributed by atoms with E-state index in [1.165, 1.54) is 12.1 Å². The number of rotatable bonds is 7. The molecule has 0 aliphatic carbocycles. The number of benzene rings is 1. The van der Waals surface area contributed by atoms with Gasteiger partial charge in [0.15, 0.2) is 0 Å². The van der Waals surface area contributed by atoms with Crippen molar-refractivity contribution >= 4 is 10.0 Å². The third-order valence-electron chi connectivity index (χ3n) is 2.97. The molecule has 0 aliphatic rings. The number of nitriles is 1. The highest BCUT2D eigenvalue weighted by Gasteiger charge is 2.19. The predicted octanol–water partition coefficient (Wildman–Crippen LogP) is 1.25. The van der Waals surface area contributed by atoms with Crippen molar-refractivity contribution < 1.29 is 13.5 Å². The topological polar surface area (TPSA) is 90.2 Å². The maximum Gasteiger partial charge on any atom is 0.241 e. The van der Waals surface area contributed by atoms with E-state index in [2.05, 4.69) is 4.72 Å². The van der Waals surface area contributed by atoms with Gasteiger partial charge in [0.1, 0.15) is 6.07 Å². The summed E-state index contributed by atoms with van der Waals surface area (Å²) in [6.07, 6.45) is 1.34. The van der Waals surface area contributed by atoms with Crippen LogP contribution in [0.15, 0.2) is 29.2 Å². The molecule has 2 N–H and O–H groups in total. The largest absolute Gasteiger partial charge is 0.396 e. The van der Waals surface area contributed by atoms with E-state index >= 15 is 0 Å². The normalized spacial score (nSPS) is 12.9. The van der Waals surface area contributed by atoms with Gasteiger partial charge >= 0.3 is 0 Å². The molecule has 6 heteroatoms. The van der Waals surface area contributed by atoms with Crippen molar-refractivity contribution in [2.75, 3.05) is 13.2 Å². The van der Waals surface area contributed by atoms with Gasteiger partial charge in [-0.25, -0.2) is 13.1 Å². The fourth-order valence-corrected chi connectivity index (χ4v) is 3.00. The number of sulfonamides is 1. The molecule has 104 valence electrons. The van der Waals surface area contributed by atoms with E-state index in [9.17, 15) is 8.42 Å². The summed E-state index contributed by atoms with van der Waals surface area (Å²) in [5.74, 6) is 0.0917. The second kappa shape index (κ2) is 7.24. The second-order valence-electron chi connectivity index (χ2n) is 4.25. The Labute approximate surface area is 113 Å². The maximum absolute atomic E-state index is 12.1. The summed E-state index contributed by atoms with van der Waals surface area (Å²) in [5, 5.41) is 17.8. The van der Waals surface area contributed by atoms with E-state index < -0.39 is 10.0 Å². The van der Waals surface area contributed by atoms with Gasteiger partial charge in [-0.15, -0.1) is 0 Å². The predicted molar refractivity (Wildman–Crippen MR) is 71.8 cm³/mol. The minimum Gasteiger partial charge on any atom is -0.396 e. The quantitative estimate of drug-likeness (QED) is 0.787. The highest BCUT2D eigenvalue weighted by molar-refractivity contribution is 7.89. The Morgan fingerprint density at radius 1 is 1.42 bits per heavy atom. The molecule has 0 heterocycles. The van der Waals surface area contributed by atoms with Crippen LogP contribution in [0.3, 0.4) is 0 Å². The zero-order valence-corrected chi connectivity index (χ0v) is 11.7. The fourth-order valence-electron chi connectivity index (χ4n) is 1.73. The van der Waals surface area contributed by atoms with Crippen LogP contribution in [0.2, 0.25) is 0 Å². The molecular formula is C13H18N2O3S. The summed E-state index contributed by atoms with van der Waals surface area (Å²) in [6.45, 7) is 2.24. The van der Waals surface area contributed by atoms with Gasteiger partial charge in [-0.1, -0.05) is 25.5 Å². The van der Waals surface area contributed by atoms with Crippen LogP contribution in [0.4, 0.5) is 0 Å². The average molecular weight is 282 g/mol. The van der Waals surface area contributed by atoms with Gasteiger partial charge in [0.05, 0.1) is 10.5 Å². The van der Waals surface area contributed by atoms with Crippen LogP contribution in [-0.4, -0.2) is 26.7 Å². The summed E-state index contributed by atoms with van der Waals surface area (Å²) in [6, 6.07) is 7.96. The molecular weight excluding hydrogens is 264 g/mol. The van der Waals surface area contributed by atoms with Crippen LogP contribution in [0.1, 0.15) is 25.3 Å². The standard InChI is InChI=1S/C13H18N2O3S/c1-2-11(7-8-16)10-15-19(17,18)13-6-4-3-5-12(13)9-14/h3-6,11,15-16H,2,7-8,10H2,1H3. The Bertz CT molecular complexity index is 549. The number of hydrogen-bond acceptors (Lipinski definition) is 4. The van der Waals surface area contributed by atoms with E-state index in [0.717, 1.165) is 6.42 Å². The van der Waals surface area contributed by atoms with Gasteiger partial charge in [0.25, 0.3) is 0 Å². The number of nitrogens with zero attached hydrogens (tertiary/aromatic N) is 1. The lowest BCUT2D eigenvalue weighted by atomic mass is 10.0. The van der Waals surface area contributed by atoms with Crippen molar-refractivity contribution in [1.29, 1.82) is 5.26 Å². The Balaban J connectivity index is 2.85. The van der Waals surface area contributed by atoms with Crippen molar-refractivity contribution in [3.05, 3.63) is 29.8 Å². The van der Waals surface area contributed by atoms with Gasteiger partial charge in [-0.3, -0.25) is 0 Å². The van der Waals surface area contributed by atoms with Gasteiger partial charge in [0, 0.05) is 13.2 Å². The monoisotopic (exact) mass is 282 g/mol. The Kier molecular flexibility index (Phi) is 5.96. The Morgan fingerprint density at radius 2 is 2.11 bits per heavy atom. The van der Waals surface area contributed by atoms with Crippen LogP contribution in [-0.2, 0) is 10.0 Å². The summed E-state index contributed by atoms with van der Waals surface area (Å²) >= 11 is 0. The van der Waals surface area contributed by atoms with Crippen LogP contribution < -0.4 is 4.72 Å². The van der Waals surface area contributed by atoms with Gasteiger partial charge in [-0.05, 0) is 24.5 Å². The molecule has 0 fully saturated rings. The number of nitrogens with one attached hydrogen (secondary N) is 1. The van der Waals surface area contributed by atoms with Crippen LogP contribution in [0.25, 0.3) is 0 Å². The molecule has 0 spiro atoms. The summed E-state index contributed by atoms with van der Waals surface area (Å²) < 4.78 is 26.7. The molecule has 0 saturated heterocycles. The first kappa shape index (κ1) is 15.6. The molecule has 0 aromatic heterocycles. The smallest absolute Gasteiger partial charge is 0.241 e. The first-order chi connectivity index (χ1) is 9.05. The zero-order chi connectivity index (χ0) is 14.3. The third-order valence-corrected chi connectivity index (χ3v) is 4.46. The molecule has 1 rings (SSSR count). The van der Waals surface area contributed by atoms with Crippen LogP contribution in [0.5, 0.6) is 0 Å². The molecule has 1 atom stereocenters. The van der Waals surface area contributed by atoms with E-state index in [1.54, 1.807) is 12.1 Å². The molecule has 5 nitrogen and oxygen atoms in total. The van der Waals surface area contributed by atoms with Gasteiger partial charge < -0.3 is 5.11 Å². The third kappa shape index (κ3) is 4.31. The van der Waals surface area contributed by atoms with Crippen molar-refractivity contribution in [1.82, 2.24) is 4.72 Å². The highest BCUT2D eigenvalue weighted by Crippen LogP contribution is 2.15. The molecule has 1 unspecified atom stereocenters. The average Bonchev–Trinajstić information content (AvgIpc) is 2.43. The molecule has 1 aromatic rings. The highest BCUT2D eigenvalue weighted by atomic mass is 32.2. The SMILES string of the molecule is CCC(CCO)CNS(=O)(=O)c1ccccc1C#N. The Morgan fingerprint density at radius 3 is 2.68 bits per heavy atom. The van der Waals surface area contributed by atoms with E-state index in [1.807, 2.05) is 13.0 Å². The van der Waals surface area contributed by atoms with Crippen molar-refractivity contribution in [3.63, 3.8) is 0 Å². The Hall–Kier alpha value is -1.42.